The summed E-state index contributed by atoms with van der Waals surface area (Å²) in [7, 11) is 0. The number of piperidine rings is 1. The Morgan fingerprint density at radius 1 is 1.48 bits per heavy atom. The van der Waals surface area contributed by atoms with Crippen LogP contribution in [0.25, 0.3) is 0 Å². The highest BCUT2D eigenvalue weighted by molar-refractivity contribution is 5.98. The molecule has 0 aliphatic carbocycles. The second-order valence-corrected chi connectivity index (χ2v) is 5.40. The summed E-state index contributed by atoms with van der Waals surface area (Å²) in [6.45, 7) is 4.39. The number of rotatable bonds is 4. The van der Waals surface area contributed by atoms with E-state index in [0.29, 0.717) is 12.2 Å². The lowest BCUT2D eigenvalue weighted by Gasteiger charge is -2.33. The van der Waals surface area contributed by atoms with Gasteiger partial charge >= 0.3 is 5.69 Å². The van der Waals surface area contributed by atoms with Gasteiger partial charge < -0.3 is 10.2 Å². The van der Waals surface area contributed by atoms with Crippen LogP contribution in [-0.4, -0.2) is 29.5 Å². The number of benzene rings is 1. The SMILES string of the molecule is CC(C)NC1CCCN(c2ccc(F)c([N+](=O)[O-])c2)C1=O. The summed E-state index contributed by atoms with van der Waals surface area (Å²) in [5.41, 5.74) is -0.248. The van der Waals surface area contributed by atoms with Crippen molar-refractivity contribution in [3.05, 3.63) is 34.1 Å². The molecule has 1 aliphatic rings. The summed E-state index contributed by atoms with van der Waals surface area (Å²) in [6.07, 6.45) is 1.53. The molecule has 1 heterocycles. The minimum absolute atomic E-state index is 0.129. The molecule has 1 aliphatic heterocycles. The summed E-state index contributed by atoms with van der Waals surface area (Å²) >= 11 is 0. The van der Waals surface area contributed by atoms with Crippen molar-refractivity contribution < 1.29 is 14.1 Å². The molecule has 1 fully saturated rings. The first-order chi connectivity index (χ1) is 9.90. The molecule has 1 unspecified atom stereocenters. The third kappa shape index (κ3) is 3.36. The predicted octanol–water partition coefficient (Wildman–Crippen LogP) is 2.23. The maximum absolute atomic E-state index is 13.4. The van der Waals surface area contributed by atoms with E-state index in [1.54, 1.807) is 0 Å². The second kappa shape index (κ2) is 6.17. The third-order valence-corrected chi connectivity index (χ3v) is 3.41. The lowest BCUT2D eigenvalue weighted by Crippen LogP contribution is -2.52. The molecule has 0 spiro atoms. The van der Waals surface area contributed by atoms with Gasteiger partial charge in [0.25, 0.3) is 0 Å². The Bertz CT molecular complexity index is 562. The fourth-order valence-electron chi connectivity index (χ4n) is 2.50. The molecule has 6 nitrogen and oxygen atoms in total. The summed E-state index contributed by atoms with van der Waals surface area (Å²) in [6, 6.07) is 3.41. The van der Waals surface area contributed by atoms with Crippen LogP contribution in [0.2, 0.25) is 0 Å². The zero-order valence-corrected chi connectivity index (χ0v) is 12.0. The first-order valence-electron chi connectivity index (χ1n) is 6.91. The number of carbonyl (C=O) groups excluding carboxylic acids is 1. The van der Waals surface area contributed by atoms with Crippen molar-refractivity contribution in [1.82, 2.24) is 5.32 Å². The highest BCUT2D eigenvalue weighted by atomic mass is 19.1. The lowest BCUT2D eigenvalue weighted by atomic mass is 10.0. The first kappa shape index (κ1) is 15.4. The summed E-state index contributed by atoms with van der Waals surface area (Å²) in [4.78, 5) is 23.9. The van der Waals surface area contributed by atoms with Gasteiger partial charge in [0, 0.05) is 18.7 Å². The molecule has 1 saturated heterocycles. The molecule has 0 saturated carbocycles. The van der Waals surface area contributed by atoms with Crippen LogP contribution < -0.4 is 10.2 Å². The average molecular weight is 295 g/mol. The minimum atomic E-state index is -0.898. The molecule has 0 aromatic heterocycles. The van der Waals surface area contributed by atoms with E-state index in [2.05, 4.69) is 5.32 Å². The summed E-state index contributed by atoms with van der Waals surface area (Å²) in [5.74, 6) is -1.03. The van der Waals surface area contributed by atoms with E-state index in [1.165, 1.54) is 11.0 Å². The number of anilines is 1. The van der Waals surface area contributed by atoms with E-state index < -0.39 is 16.4 Å². The van der Waals surface area contributed by atoms with E-state index >= 15 is 0 Å². The number of nitrogens with one attached hydrogen (secondary N) is 1. The number of nitro groups is 1. The van der Waals surface area contributed by atoms with Gasteiger partial charge in [-0.2, -0.15) is 4.39 Å². The highest BCUT2D eigenvalue weighted by Crippen LogP contribution is 2.27. The molecule has 1 amide bonds. The number of amides is 1. The largest absolute Gasteiger partial charge is 0.311 e. The molecule has 0 bridgehead atoms. The van der Waals surface area contributed by atoms with E-state index in [9.17, 15) is 19.3 Å². The van der Waals surface area contributed by atoms with Crippen molar-refractivity contribution in [2.24, 2.45) is 0 Å². The smallest absolute Gasteiger partial charge is 0.306 e. The molecular formula is C14H18FN3O3. The van der Waals surface area contributed by atoms with Crippen molar-refractivity contribution in [3.63, 3.8) is 0 Å². The van der Waals surface area contributed by atoms with Gasteiger partial charge in [-0.05, 0) is 25.0 Å². The van der Waals surface area contributed by atoms with Crippen LogP contribution in [0.1, 0.15) is 26.7 Å². The lowest BCUT2D eigenvalue weighted by molar-refractivity contribution is -0.387. The Hall–Kier alpha value is -2.02. The fraction of sp³-hybridized carbons (Fsp3) is 0.500. The fourth-order valence-corrected chi connectivity index (χ4v) is 2.50. The molecule has 1 aromatic carbocycles. The van der Waals surface area contributed by atoms with E-state index in [-0.39, 0.29) is 18.0 Å². The Morgan fingerprint density at radius 3 is 2.81 bits per heavy atom. The molecular weight excluding hydrogens is 277 g/mol. The van der Waals surface area contributed by atoms with Gasteiger partial charge in [0.05, 0.1) is 16.7 Å². The first-order valence-corrected chi connectivity index (χ1v) is 6.91. The van der Waals surface area contributed by atoms with E-state index in [0.717, 1.165) is 25.0 Å². The normalized spacial score (nSPS) is 19.1. The van der Waals surface area contributed by atoms with Crippen molar-refractivity contribution in [2.75, 3.05) is 11.4 Å². The van der Waals surface area contributed by atoms with Crippen molar-refractivity contribution >= 4 is 17.3 Å². The van der Waals surface area contributed by atoms with Crippen LogP contribution in [-0.2, 0) is 4.79 Å². The Balaban J connectivity index is 2.26. The molecule has 2 rings (SSSR count). The van der Waals surface area contributed by atoms with Gasteiger partial charge in [-0.15, -0.1) is 0 Å². The zero-order chi connectivity index (χ0) is 15.6. The Labute approximate surface area is 122 Å². The topological polar surface area (TPSA) is 75.5 Å². The summed E-state index contributed by atoms with van der Waals surface area (Å²) in [5, 5.41) is 14.0. The highest BCUT2D eigenvalue weighted by Gasteiger charge is 2.31. The van der Waals surface area contributed by atoms with Gasteiger partial charge in [-0.3, -0.25) is 14.9 Å². The number of hydrogen-bond acceptors (Lipinski definition) is 4. The number of carbonyl (C=O) groups is 1. The monoisotopic (exact) mass is 295 g/mol. The van der Waals surface area contributed by atoms with E-state index in [4.69, 9.17) is 0 Å². The Kier molecular flexibility index (Phi) is 4.52. The Morgan fingerprint density at radius 2 is 2.19 bits per heavy atom. The van der Waals surface area contributed by atoms with Crippen molar-refractivity contribution in [3.8, 4) is 0 Å². The van der Waals surface area contributed by atoms with Gasteiger partial charge in [-0.25, -0.2) is 0 Å². The van der Waals surface area contributed by atoms with Crippen molar-refractivity contribution in [1.29, 1.82) is 0 Å². The van der Waals surface area contributed by atoms with Gasteiger partial charge in [0.2, 0.25) is 11.7 Å². The van der Waals surface area contributed by atoms with Gasteiger partial charge in [-0.1, -0.05) is 13.8 Å². The number of nitro benzene ring substituents is 1. The van der Waals surface area contributed by atoms with Crippen LogP contribution in [0, 0.1) is 15.9 Å². The van der Waals surface area contributed by atoms with E-state index in [1.807, 2.05) is 13.8 Å². The molecule has 1 aromatic rings. The van der Waals surface area contributed by atoms with Crippen LogP contribution >= 0.6 is 0 Å². The molecule has 0 radical (unpaired) electrons. The van der Waals surface area contributed by atoms with Crippen LogP contribution in [0.15, 0.2) is 18.2 Å². The van der Waals surface area contributed by atoms with Crippen molar-refractivity contribution in [2.45, 2.75) is 38.8 Å². The standard InChI is InChI=1S/C14H18FN3O3/c1-9(2)16-12-4-3-7-17(14(12)19)10-5-6-11(15)13(8-10)18(20)21/h5-6,8-9,12,16H,3-4,7H2,1-2H3. The van der Waals surface area contributed by atoms with Gasteiger partial charge in [0.1, 0.15) is 0 Å². The number of halogens is 1. The van der Waals surface area contributed by atoms with Crippen LogP contribution in [0.3, 0.4) is 0 Å². The molecule has 1 atom stereocenters. The maximum atomic E-state index is 13.4. The molecule has 21 heavy (non-hydrogen) atoms. The van der Waals surface area contributed by atoms with Gasteiger partial charge in [0.15, 0.2) is 0 Å². The van der Waals surface area contributed by atoms with Crippen LogP contribution in [0.5, 0.6) is 0 Å². The molecule has 7 heteroatoms. The molecule has 114 valence electrons. The van der Waals surface area contributed by atoms with Crippen LogP contribution in [0.4, 0.5) is 15.8 Å². The second-order valence-electron chi connectivity index (χ2n) is 5.40. The quantitative estimate of drug-likeness (QED) is 0.682. The summed E-state index contributed by atoms with van der Waals surface area (Å²) < 4.78 is 13.4. The zero-order valence-electron chi connectivity index (χ0n) is 12.0. The maximum Gasteiger partial charge on any atom is 0.306 e. The number of nitrogens with zero attached hydrogens (tertiary/aromatic N) is 2. The third-order valence-electron chi connectivity index (χ3n) is 3.41. The predicted molar refractivity (Wildman–Crippen MR) is 76.7 cm³/mol. The average Bonchev–Trinajstić information content (AvgIpc) is 2.41. The minimum Gasteiger partial charge on any atom is -0.311 e. The molecule has 1 N–H and O–H groups in total. The number of hydrogen-bond donors (Lipinski definition) is 1.